The number of ether oxygens (including phenoxy) is 1. The summed E-state index contributed by atoms with van der Waals surface area (Å²) in [5.74, 6) is 2.60. The minimum Gasteiger partial charge on any atom is -0.494 e. The van der Waals surface area contributed by atoms with Gasteiger partial charge in [0.05, 0.1) is 19.3 Å². The Balaban J connectivity index is 1.55. The Morgan fingerprint density at radius 3 is 2.84 bits per heavy atom. The molecule has 4 nitrogen and oxygen atoms in total. The van der Waals surface area contributed by atoms with Crippen LogP contribution in [0.3, 0.4) is 0 Å². The lowest BCUT2D eigenvalue weighted by Gasteiger charge is -2.06. The number of aryl methyl sites for hydroxylation is 1. The highest BCUT2D eigenvalue weighted by atomic mass is 16.5. The molecule has 0 bridgehead atoms. The third-order valence-electron chi connectivity index (χ3n) is 2.74. The fourth-order valence-corrected chi connectivity index (χ4v) is 1.69. The summed E-state index contributed by atoms with van der Waals surface area (Å²) in [7, 11) is 0. The van der Waals surface area contributed by atoms with Gasteiger partial charge in [-0.2, -0.15) is 0 Å². The second-order valence-corrected chi connectivity index (χ2v) is 4.27. The molecule has 0 aliphatic heterocycles. The normalized spacial score (nSPS) is 10.6. The first-order valence-corrected chi connectivity index (χ1v) is 6.70. The summed E-state index contributed by atoms with van der Waals surface area (Å²) in [5, 5.41) is 3.29. The third kappa shape index (κ3) is 4.75. The maximum Gasteiger partial charge on any atom is 0.208 e. The van der Waals surface area contributed by atoms with Crippen LogP contribution in [0.1, 0.15) is 25.0 Å². The van der Waals surface area contributed by atoms with E-state index in [0.717, 1.165) is 36.8 Å². The van der Waals surface area contributed by atoms with E-state index in [2.05, 4.69) is 17.2 Å². The zero-order valence-electron chi connectivity index (χ0n) is 11.3. The van der Waals surface area contributed by atoms with Crippen LogP contribution < -0.4 is 10.1 Å². The summed E-state index contributed by atoms with van der Waals surface area (Å²) in [6.45, 7) is 4.32. The predicted molar refractivity (Wildman–Crippen MR) is 74.1 cm³/mol. The molecule has 0 radical (unpaired) electrons. The SMILES string of the molecule is CCc1cnc(CNCCCOc2ccccc2)o1. The van der Waals surface area contributed by atoms with Gasteiger partial charge in [-0.15, -0.1) is 0 Å². The van der Waals surface area contributed by atoms with Crippen LogP contribution in [0.2, 0.25) is 0 Å². The number of oxazole rings is 1. The molecule has 1 aromatic carbocycles. The standard InChI is InChI=1S/C15H20N2O2/c1-2-13-11-17-15(19-13)12-16-9-6-10-18-14-7-4-3-5-8-14/h3-5,7-8,11,16H,2,6,9-10,12H2,1H3. The first kappa shape index (κ1) is 13.6. The molecule has 0 unspecified atom stereocenters. The van der Waals surface area contributed by atoms with E-state index in [1.54, 1.807) is 6.20 Å². The van der Waals surface area contributed by atoms with Crippen molar-refractivity contribution in [3.05, 3.63) is 48.2 Å². The van der Waals surface area contributed by atoms with Crippen LogP contribution in [-0.2, 0) is 13.0 Å². The van der Waals surface area contributed by atoms with Gasteiger partial charge in [-0.25, -0.2) is 4.98 Å². The summed E-state index contributed by atoms with van der Waals surface area (Å²) >= 11 is 0. The summed E-state index contributed by atoms with van der Waals surface area (Å²) in [5.41, 5.74) is 0. The predicted octanol–water partition coefficient (Wildman–Crippen LogP) is 2.80. The largest absolute Gasteiger partial charge is 0.494 e. The van der Waals surface area contributed by atoms with Crippen LogP contribution in [0.15, 0.2) is 40.9 Å². The number of para-hydroxylation sites is 1. The molecule has 0 amide bonds. The van der Waals surface area contributed by atoms with Crippen molar-refractivity contribution in [1.82, 2.24) is 10.3 Å². The van der Waals surface area contributed by atoms with Crippen molar-refractivity contribution in [2.24, 2.45) is 0 Å². The molecule has 0 aliphatic carbocycles. The second kappa shape index (κ2) is 7.59. The molecule has 0 saturated heterocycles. The molecule has 19 heavy (non-hydrogen) atoms. The van der Waals surface area contributed by atoms with Gasteiger partial charge in [-0.1, -0.05) is 25.1 Å². The van der Waals surface area contributed by atoms with E-state index in [4.69, 9.17) is 9.15 Å². The summed E-state index contributed by atoms with van der Waals surface area (Å²) in [4.78, 5) is 4.19. The highest BCUT2D eigenvalue weighted by Crippen LogP contribution is 2.08. The van der Waals surface area contributed by atoms with E-state index in [-0.39, 0.29) is 0 Å². The molecule has 1 heterocycles. The fourth-order valence-electron chi connectivity index (χ4n) is 1.69. The zero-order chi connectivity index (χ0) is 13.3. The van der Waals surface area contributed by atoms with Gasteiger partial charge in [0.1, 0.15) is 11.5 Å². The summed E-state index contributed by atoms with van der Waals surface area (Å²) in [6.07, 6.45) is 3.63. The van der Waals surface area contributed by atoms with Gasteiger partial charge < -0.3 is 14.5 Å². The molecule has 0 aliphatic rings. The molecular weight excluding hydrogens is 240 g/mol. The summed E-state index contributed by atoms with van der Waals surface area (Å²) < 4.78 is 11.1. The number of nitrogens with zero attached hydrogens (tertiary/aromatic N) is 1. The number of nitrogens with one attached hydrogen (secondary N) is 1. The van der Waals surface area contributed by atoms with Crippen LogP contribution in [0.25, 0.3) is 0 Å². The number of rotatable bonds is 8. The Morgan fingerprint density at radius 2 is 2.11 bits per heavy atom. The molecule has 0 fully saturated rings. The van der Waals surface area contributed by atoms with Gasteiger partial charge in [0.2, 0.25) is 5.89 Å². The van der Waals surface area contributed by atoms with Crippen LogP contribution in [0, 0.1) is 0 Å². The minimum atomic E-state index is 0.672. The van der Waals surface area contributed by atoms with E-state index in [1.165, 1.54) is 0 Å². The Morgan fingerprint density at radius 1 is 1.26 bits per heavy atom. The van der Waals surface area contributed by atoms with Crippen molar-refractivity contribution in [2.75, 3.05) is 13.2 Å². The molecule has 0 atom stereocenters. The van der Waals surface area contributed by atoms with E-state index in [1.807, 2.05) is 30.3 Å². The fraction of sp³-hybridized carbons (Fsp3) is 0.400. The average molecular weight is 260 g/mol. The number of aromatic nitrogens is 1. The molecule has 2 rings (SSSR count). The van der Waals surface area contributed by atoms with Crippen molar-refractivity contribution in [2.45, 2.75) is 26.3 Å². The molecule has 4 heteroatoms. The summed E-state index contributed by atoms with van der Waals surface area (Å²) in [6, 6.07) is 9.86. The molecule has 102 valence electrons. The monoisotopic (exact) mass is 260 g/mol. The highest BCUT2D eigenvalue weighted by Gasteiger charge is 2.01. The second-order valence-electron chi connectivity index (χ2n) is 4.27. The van der Waals surface area contributed by atoms with E-state index in [0.29, 0.717) is 13.2 Å². The quantitative estimate of drug-likeness (QED) is 0.741. The topological polar surface area (TPSA) is 47.3 Å². The molecule has 0 spiro atoms. The van der Waals surface area contributed by atoms with Gasteiger partial charge in [0.15, 0.2) is 0 Å². The molecule has 1 aromatic heterocycles. The maximum absolute atomic E-state index is 5.60. The van der Waals surface area contributed by atoms with Crippen molar-refractivity contribution in [1.29, 1.82) is 0 Å². The number of benzene rings is 1. The van der Waals surface area contributed by atoms with Crippen LogP contribution >= 0.6 is 0 Å². The molecular formula is C15H20N2O2. The molecule has 1 N–H and O–H groups in total. The Bertz CT molecular complexity index is 468. The lowest BCUT2D eigenvalue weighted by Crippen LogP contribution is -2.17. The van der Waals surface area contributed by atoms with Gasteiger partial charge in [0, 0.05) is 6.42 Å². The van der Waals surface area contributed by atoms with E-state index >= 15 is 0 Å². The highest BCUT2D eigenvalue weighted by molar-refractivity contribution is 5.20. The average Bonchev–Trinajstić information content (AvgIpc) is 2.92. The van der Waals surface area contributed by atoms with Crippen LogP contribution in [0.4, 0.5) is 0 Å². The van der Waals surface area contributed by atoms with Crippen molar-refractivity contribution >= 4 is 0 Å². The lowest BCUT2D eigenvalue weighted by atomic mass is 10.3. The van der Waals surface area contributed by atoms with E-state index in [9.17, 15) is 0 Å². The van der Waals surface area contributed by atoms with Crippen molar-refractivity contribution in [3.63, 3.8) is 0 Å². The first-order chi connectivity index (χ1) is 9.38. The first-order valence-electron chi connectivity index (χ1n) is 6.70. The minimum absolute atomic E-state index is 0.672. The molecule has 0 saturated carbocycles. The van der Waals surface area contributed by atoms with Crippen LogP contribution in [0.5, 0.6) is 5.75 Å². The number of hydrogen-bond donors (Lipinski definition) is 1. The van der Waals surface area contributed by atoms with Gasteiger partial charge in [-0.3, -0.25) is 0 Å². The van der Waals surface area contributed by atoms with Crippen molar-refractivity contribution in [3.8, 4) is 5.75 Å². The van der Waals surface area contributed by atoms with Gasteiger partial charge in [0.25, 0.3) is 0 Å². The number of hydrogen-bond acceptors (Lipinski definition) is 4. The third-order valence-corrected chi connectivity index (χ3v) is 2.74. The smallest absolute Gasteiger partial charge is 0.208 e. The molecule has 2 aromatic rings. The van der Waals surface area contributed by atoms with Gasteiger partial charge in [-0.05, 0) is 25.1 Å². The van der Waals surface area contributed by atoms with E-state index < -0.39 is 0 Å². The maximum atomic E-state index is 5.60. The van der Waals surface area contributed by atoms with Gasteiger partial charge >= 0.3 is 0 Å². The lowest BCUT2D eigenvalue weighted by molar-refractivity contribution is 0.306. The zero-order valence-corrected chi connectivity index (χ0v) is 11.3. The van der Waals surface area contributed by atoms with Crippen molar-refractivity contribution < 1.29 is 9.15 Å². The Kier molecular flexibility index (Phi) is 5.44. The van der Waals surface area contributed by atoms with Crippen LogP contribution in [-0.4, -0.2) is 18.1 Å². The Labute approximate surface area is 113 Å². The Hall–Kier alpha value is -1.81.